The summed E-state index contributed by atoms with van der Waals surface area (Å²) in [5.41, 5.74) is 1.15. The number of hydroxylamine groups is 2. The van der Waals surface area contributed by atoms with Crippen molar-refractivity contribution >= 4 is 0 Å². The molecule has 1 heterocycles. The maximum Gasteiger partial charge on any atom is 0.103 e. The third-order valence-corrected chi connectivity index (χ3v) is 1.12. The van der Waals surface area contributed by atoms with E-state index in [9.17, 15) is 5.21 Å². The van der Waals surface area contributed by atoms with Crippen molar-refractivity contribution in [1.82, 2.24) is 0 Å². The monoisotopic (exact) mass is 111 g/mol. The van der Waals surface area contributed by atoms with Crippen molar-refractivity contribution in [2.75, 3.05) is 6.54 Å². The van der Waals surface area contributed by atoms with E-state index in [0.29, 0.717) is 6.54 Å². The van der Waals surface area contributed by atoms with Crippen LogP contribution in [-0.4, -0.2) is 6.54 Å². The molecular weight excluding hydrogens is 102 g/mol. The molecule has 1 rings (SSSR count). The first-order chi connectivity index (χ1) is 3.79. The Hall–Kier alpha value is -0.600. The van der Waals surface area contributed by atoms with Gasteiger partial charge in [0.2, 0.25) is 0 Å². The minimum absolute atomic E-state index is 0.213. The van der Waals surface area contributed by atoms with Crippen LogP contribution in [0.2, 0.25) is 0 Å². The zero-order chi connectivity index (χ0) is 5.98. The molecule has 0 spiro atoms. The minimum atomic E-state index is 0.213. The molecule has 0 bridgehead atoms. The van der Waals surface area contributed by atoms with Crippen molar-refractivity contribution in [2.45, 2.75) is 6.92 Å². The fraction of sp³-hybridized carbons (Fsp3) is 0.333. The molecule has 2 nitrogen and oxygen atoms in total. The van der Waals surface area contributed by atoms with Gasteiger partial charge in [0.15, 0.2) is 0 Å². The zero-order valence-electron chi connectivity index (χ0n) is 4.85. The van der Waals surface area contributed by atoms with E-state index in [1.54, 1.807) is 12.3 Å². The summed E-state index contributed by atoms with van der Waals surface area (Å²) in [7, 11) is 0. The van der Waals surface area contributed by atoms with Gasteiger partial charge in [-0.05, 0) is 18.6 Å². The van der Waals surface area contributed by atoms with E-state index in [2.05, 4.69) is 0 Å². The van der Waals surface area contributed by atoms with Gasteiger partial charge in [0.25, 0.3) is 0 Å². The molecule has 0 saturated heterocycles. The van der Waals surface area contributed by atoms with Crippen LogP contribution >= 0.6 is 0 Å². The van der Waals surface area contributed by atoms with Gasteiger partial charge >= 0.3 is 0 Å². The van der Waals surface area contributed by atoms with Crippen LogP contribution in [0.4, 0.5) is 0 Å². The Balaban J connectivity index is 2.59. The number of allylic oxidation sites excluding steroid dienone is 2. The molecule has 0 aromatic heterocycles. The maximum absolute atomic E-state index is 10.5. The molecule has 1 unspecified atom stereocenters. The molecule has 1 aliphatic heterocycles. The predicted molar refractivity (Wildman–Crippen MR) is 32.1 cm³/mol. The van der Waals surface area contributed by atoms with Crippen LogP contribution in [-0.2, 0) is 0 Å². The molecule has 8 heavy (non-hydrogen) atoms. The zero-order valence-corrected chi connectivity index (χ0v) is 4.85. The summed E-state index contributed by atoms with van der Waals surface area (Å²) in [4.78, 5) is 0. The Morgan fingerprint density at radius 3 is 2.88 bits per heavy atom. The van der Waals surface area contributed by atoms with Crippen LogP contribution in [0.3, 0.4) is 0 Å². The number of hydrogen-bond acceptors (Lipinski definition) is 1. The number of quaternary nitrogens is 1. The molecular formula is C6H9NO. The SMILES string of the molecule is CC1=CC=C[NH+]([O-])C1. The van der Waals surface area contributed by atoms with Gasteiger partial charge in [-0.15, -0.1) is 0 Å². The Labute approximate surface area is 48.7 Å². The van der Waals surface area contributed by atoms with Crippen LogP contribution in [0.1, 0.15) is 6.92 Å². The van der Waals surface area contributed by atoms with Gasteiger partial charge < -0.3 is 10.3 Å². The Kier molecular flexibility index (Phi) is 1.46. The second kappa shape index (κ2) is 2.11. The highest BCUT2D eigenvalue weighted by atomic mass is 16.5. The second-order valence-electron chi connectivity index (χ2n) is 2.02. The van der Waals surface area contributed by atoms with E-state index in [0.717, 1.165) is 5.57 Å². The largest absolute Gasteiger partial charge is 0.629 e. The van der Waals surface area contributed by atoms with Crippen LogP contribution in [0.15, 0.2) is 23.9 Å². The lowest BCUT2D eigenvalue weighted by atomic mass is 10.2. The van der Waals surface area contributed by atoms with Gasteiger partial charge in [-0.1, -0.05) is 6.08 Å². The third kappa shape index (κ3) is 1.18. The van der Waals surface area contributed by atoms with Crippen LogP contribution in [0.25, 0.3) is 0 Å². The first-order valence-corrected chi connectivity index (χ1v) is 2.66. The summed E-state index contributed by atoms with van der Waals surface area (Å²) in [6.07, 6.45) is 5.36. The molecule has 1 aliphatic rings. The first-order valence-electron chi connectivity index (χ1n) is 2.66. The van der Waals surface area contributed by atoms with Gasteiger partial charge in [-0.3, -0.25) is 0 Å². The summed E-state index contributed by atoms with van der Waals surface area (Å²) in [6.45, 7) is 2.57. The highest BCUT2D eigenvalue weighted by molar-refractivity contribution is 5.11. The van der Waals surface area contributed by atoms with Gasteiger partial charge in [0, 0.05) is 0 Å². The second-order valence-corrected chi connectivity index (χ2v) is 2.02. The lowest BCUT2D eigenvalue weighted by Crippen LogP contribution is -3.02. The standard InChI is InChI=1S/C6H9NO/c1-6-3-2-4-7(8)5-6/h2-4,7H,5H2,1H3. The number of hydrogen-bond donors (Lipinski definition) is 1. The van der Waals surface area contributed by atoms with Crippen molar-refractivity contribution in [1.29, 1.82) is 0 Å². The van der Waals surface area contributed by atoms with Gasteiger partial charge in [0.1, 0.15) is 6.54 Å². The molecule has 1 N–H and O–H groups in total. The van der Waals surface area contributed by atoms with E-state index >= 15 is 0 Å². The highest BCUT2D eigenvalue weighted by Crippen LogP contribution is 1.90. The molecule has 2 heteroatoms. The van der Waals surface area contributed by atoms with Crippen molar-refractivity contribution in [3.8, 4) is 0 Å². The van der Waals surface area contributed by atoms with Crippen LogP contribution < -0.4 is 5.06 Å². The van der Waals surface area contributed by atoms with Crippen molar-refractivity contribution < 1.29 is 5.06 Å². The summed E-state index contributed by atoms with van der Waals surface area (Å²) < 4.78 is 0. The molecule has 0 aromatic carbocycles. The van der Waals surface area contributed by atoms with Gasteiger partial charge in [-0.25, -0.2) is 0 Å². The Morgan fingerprint density at radius 2 is 2.50 bits per heavy atom. The lowest BCUT2D eigenvalue weighted by Gasteiger charge is -2.19. The maximum atomic E-state index is 10.5. The highest BCUT2D eigenvalue weighted by Gasteiger charge is 1.96. The van der Waals surface area contributed by atoms with Gasteiger partial charge in [0.05, 0.1) is 6.20 Å². The molecule has 44 valence electrons. The predicted octanol–water partition coefficient (Wildman–Crippen LogP) is -0.157. The molecule has 0 aromatic rings. The average Bonchev–Trinajstić information content (AvgIpc) is 1.64. The van der Waals surface area contributed by atoms with Crippen molar-refractivity contribution in [2.24, 2.45) is 0 Å². The number of nitrogens with one attached hydrogen (secondary N) is 1. The van der Waals surface area contributed by atoms with E-state index in [1.807, 2.05) is 13.0 Å². The van der Waals surface area contributed by atoms with E-state index in [1.165, 1.54) is 0 Å². The van der Waals surface area contributed by atoms with Crippen LogP contribution in [0.5, 0.6) is 0 Å². The quantitative estimate of drug-likeness (QED) is 0.432. The van der Waals surface area contributed by atoms with Crippen molar-refractivity contribution in [3.63, 3.8) is 0 Å². The average molecular weight is 111 g/mol. The molecule has 0 saturated carbocycles. The minimum Gasteiger partial charge on any atom is -0.629 e. The topological polar surface area (TPSA) is 27.5 Å². The van der Waals surface area contributed by atoms with E-state index in [-0.39, 0.29) is 5.06 Å². The summed E-state index contributed by atoms with van der Waals surface area (Å²) >= 11 is 0. The fourth-order valence-electron chi connectivity index (χ4n) is 0.712. The molecule has 1 atom stereocenters. The third-order valence-electron chi connectivity index (χ3n) is 1.12. The molecule has 0 amide bonds. The van der Waals surface area contributed by atoms with E-state index in [4.69, 9.17) is 0 Å². The van der Waals surface area contributed by atoms with Crippen LogP contribution in [0, 0.1) is 5.21 Å². The fourth-order valence-corrected chi connectivity index (χ4v) is 0.712. The molecule has 0 aliphatic carbocycles. The summed E-state index contributed by atoms with van der Waals surface area (Å²) in [6, 6.07) is 0. The summed E-state index contributed by atoms with van der Waals surface area (Å²) in [5, 5.41) is 10.8. The Bertz CT molecular complexity index is 137. The Morgan fingerprint density at radius 1 is 1.75 bits per heavy atom. The van der Waals surface area contributed by atoms with Crippen molar-refractivity contribution in [3.05, 3.63) is 29.1 Å². The first kappa shape index (κ1) is 5.54. The smallest absolute Gasteiger partial charge is 0.103 e. The van der Waals surface area contributed by atoms with E-state index < -0.39 is 0 Å². The lowest BCUT2D eigenvalue weighted by molar-refractivity contribution is -0.786. The summed E-state index contributed by atoms with van der Waals surface area (Å²) in [5.74, 6) is 0. The molecule has 0 radical (unpaired) electrons. The number of rotatable bonds is 0. The normalized spacial score (nSPS) is 27.8. The molecule has 0 fully saturated rings. The van der Waals surface area contributed by atoms with Gasteiger partial charge in [-0.2, -0.15) is 0 Å².